The number of hydrogen-bond acceptors (Lipinski definition) is 6. The molecule has 3 N–H and O–H groups in total. The number of hydrogen-bond donors (Lipinski definition) is 2. The second-order valence-corrected chi connectivity index (χ2v) is 4.52. The summed E-state index contributed by atoms with van der Waals surface area (Å²) in [4.78, 5) is 8.72. The molecule has 2 heterocycles. The molecule has 0 spiro atoms. The van der Waals surface area contributed by atoms with Gasteiger partial charge in [0.15, 0.2) is 5.82 Å². The van der Waals surface area contributed by atoms with Gasteiger partial charge in [-0.2, -0.15) is 0 Å². The first-order valence-electron chi connectivity index (χ1n) is 5.93. The molecule has 0 atom stereocenters. The average molecular weight is 245 g/mol. The number of aryl methyl sites for hydroxylation is 1. The summed E-state index contributed by atoms with van der Waals surface area (Å²) in [5, 5.41) is 11.0. The van der Waals surface area contributed by atoms with Crippen molar-refractivity contribution in [2.75, 3.05) is 11.1 Å². The Balaban J connectivity index is 1.74. The van der Waals surface area contributed by atoms with Crippen molar-refractivity contribution < 1.29 is 0 Å². The summed E-state index contributed by atoms with van der Waals surface area (Å²) < 4.78 is 1.86. The number of nitrogens with one attached hydrogen (secondary N) is 1. The molecular weight excluding hydrogens is 230 g/mol. The predicted molar refractivity (Wildman–Crippen MR) is 66.7 cm³/mol. The van der Waals surface area contributed by atoms with E-state index in [4.69, 9.17) is 5.73 Å². The molecule has 18 heavy (non-hydrogen) atoms. The lowest BCUT2D eigenvalue weighted by atomic mass is 10.4. The number of nitrogen functional groups attached to an aromatic ring is 1. The highest BCUT2D eigenvalue weighted by atomic mass is 15.3. The van der Waals surface area contributed by atoms with Gasteiger partial charge in [-0.1, -0.05) is 0 Å². The second kappa shape index (κ2) is 4.25. The Morgan fingerprint density at radius 2 is 2.28 bits per heavy atom. The van der Waals surface area contributed by atoms with Crippen molar-refractivity contribution in [3.8, 4) is 0 Å². The number of aromatic nitrogens is 5. The fraction of sp³-hybridized carbons (Fsp3) is 0.455. The van der Waals surface area contributed by atoms with Gasteiger partial charge in [0.2, 0.25) is 0 Å². The Bertz CT molecular complexity index is 558. The molecule has 3 rings (SSSR count). The highest BCUT2D eigenvalue weighted by Gasteiger charge is 2.27. The summed E-state index contributed by atoms with van der Waals surface area (Å²) in [6.45, 7) is 0.567. The molecule has 2 aromatic rings. The molecule has 1 aliphatic rings. The van der Waals surface area contributed by atoms with Crippen LogP contribution in [-0.4, -0.2) is 24.7 Å². The van der Waals surface area contributed by atoms with E-state index in [-0.39, 0.29) is 0 Å². The van der Waals surface area contributed by atoms with Crippen LogP contribution in [0.5, 0.6) is 0 Å². The van der Waals surface area contributed by atoms with Crippen LogP contribution >= 0.6 is 0 Å². The van der Waals surface area contributed by atoms with Crippen molar-refractivity contribution in [1.29, 1.82) is 0 Å². The third kappa shape index (κ3) is 2.24. The highest BCUT2D eigenvalue weighted by molar-refractivity contribution is 5.45. The minimum atomic E-state index is 0.490. The normalized spacial score (nSPS) is 14.7. The first-order valence-corrected chi connectivity index (χ1v) is 5.93. The van der Waals surface area contributed by atoms with Gasteiger partial charge in [0, 0.05) is 19.0 Å². The average Bonchev–Trinajstić information content (AvgIpc) is 3.11. The van der Waals surface area contributed by atoms with Crippen molar-refractivity contribution in [2.24, 2.45) is 7.05 Å². The molecule has 7 nitrogen and oxygen atoms in total. The lowest BCUT2D eigenvalue weighted by Crippen LogP contribution is -2.09. The molecule has 7 heteroatoms. The predicted octanol–water partition coefficient (Wildman–Crippen LogP) is 0.677. The molecule has 0 aliphatic heterocycles. The van der Waals surface area contributed by atoms with Gasteiger partial charge in [-0.25, -0.2) is 9.97 Å². The van der Waals surface area contributed by atoms with Crippen LogP contribution in [0.2, 0.25) is 0 Å². The first kappa shape index (κ1) is 10.9. The van der Waals surface area contributed by atoms with E-state index in [1.54, 1.807) is 12.4 Å². The molecule has 0 unspecified atom stereocenters. The maximum absolute atomic E-state index is 5.78. The van der Waals surface area contributed by atoms with Gasteiger partial charge in [0.1, 0.15) is 23.8 Å². The molecule has 1 fully saturated rings. The zero-order valence-corrected chi connectivity index (χ0v) is 10.2. The molecule has 94 valence electrons. The third-order valence-corrected chi connectivity index (χ3v) is 2.94. The topological polar surface area (TPSA) is 94.5 Å². The van der Waals surface area contributed by atoms with E-state index < -0.39 is 0 Å². The summed E-state index contributed by atoms with van der Waals surface area (Å²) in [5.74, 6) is 3.43. The molecule has 0 bridgehead atoms. The van der Waals surface area contributed by atoms with Crippen LogP contribution in [-0.2, 0) is 13.6 Å². The van der Waals surface area contributed by atoms with Gasteiger partial charge >= 0.3 is 0 Å². The smallest absolute Gasteiger partial charge is 0.151 e. The van der Waals surface area contributed by atoms with E-state index in [0.29, 0.717) is 18.3 Å². The Hall–Kier alpha value is -2.18. The molecule has 1 aliphatic carbocycles. The quantitative estimate of drug-likeness (QED) is 0.822. The van der Waals surface area contributed by atoms with Crippen LogP contribution in [0.1, 0.15) is 30.4 Å². The molecule has 0 amide bonds. The zero-order valence-electron chi connectivity index (χ0n) is 10.2. The van der Waals surface area contributed by atoms with Gasteiger partial charge in [-0.15, -0.1) is 10.2 Å². The van der Waals surface area contributed by atoms with Crippen molar-refractivity contribution in [3.63, 3.8) is 0 Å². The van der Waals surface area contributed by atoms with Crippen LogP contribution in [0.25, 0.3) is 0 Å². The number of nitrogens with zero attached hydrogens (tertiary/aromatic N) is 5. The van der Waals surface area contributed by atoms with E-state index in [9.17, 15) is 0 Å². The molecule has 2 aromatic heterocycles. The monoisotopic (exact) mass is 245 g/mol. The third-order valence-electron chi connectivity index (χ3n) is 2.94. The van der Waals surface area contributed by atoms with E-state index in [0.717, 1.165) is 30.3 Å². The summed E-state index contributed by atoms with van der Waals surface area (Å²) >= 11 is 0. The van der Waals surface area contributed by atoms with Gasteiger partial charge in [-0.05, 0) is 12.8 Å². The fourth-order valence-electron chi connectivity index (χ4n) is 1.74. The number of rotatable bonds is 4. The van der Waals surface area contributed by atoms with Crippen LogP contribution in [0, 0.1) is 0 Å². The second-order valence-electron chi connectivity index (χ2n) is 4.52. The van der Waals surface area contributed by atoms with Crippen LogP contribution in [0.3, 0.4) is 0 Å². The number of anilines is 2. The van der Waals surface area contributed by atoms with Gasteiger partial charge in [0.25, 0.3) is 0 Å². The standard InChI is InChI=1S/C11H15N7/c1-18-6-14-17-10(18)5-13-9-4-8(12)15-11(16-9)7-2-3-7/h4,6-7H,2-3,5H2,1H3,(H3,12,13,15,16). The fourth-order valence-corrected chi connectivity index (χ4v) is 1.74. The highest BCUT2D eigenvalue weighted by Crippen LogP contribution is 2.38. The van der Waals surface area contributed by atoms with Gasteiger partial charge in [-0.3, -0.25) is 0 Å². The van der Waals surface area contributed by atoms with E-state index in [1.165, 1.54) is 0 Å². The summed E-state index contributed by atoms with van der Waals surface area (Å²) in [6, 6.07) is 1.74. The Kier molecular flexibility index (Phi) is 2.58. The molecule has 0 saturated heterocycles. The van der Waals surface area contributed by atoms with Crippen LogP contribution < -0.4 is 11.1 Å². The summed E-state index contributed by atoms with van der Waals surface area (Å²) in [7, 11) is 1.90. The summed E-state index contributed by atoms with van der Waals surface area (Å²) in [6.07, 6.45) is 3.99. The van der Waals surface area contributed by atoms with E-state index >= 15 is 0 Å². The van der Waals surface area contributed by atoms with Crippen molar-refractivity contribution in [3.05, 3.63) is 24.0 Å². The minimum absolute atomic E-state index is 0.490. The van der Waals surface area contributed by atoms with Crippen LogP contribution in [0.4, 0.5) is 11.6 Å². The van der Waals surface area contributed by atoms with E-state index in [1.807, 2.05) is 11.6 Å². The Labute approximate surface area is 104 Å². The molecular formula is C11H15N7. The minimum Gasteiger partial charge on any atom is -0.384 e. The molecule has 1 saturated carbocycles. The lowest BCUT2D eigenvalue weighted by Gasteiger charge is -2.07. The SMILES string of the molecule is Cn1cnnc1CNc1cc(N)nc(C2CC2)n1. The van der Waals surface area contributed by atoms with Crippen molar-refractivity contribution in [2.45, 2.75) is 25.3 Å². The molecule has 0 aromatic carbocycles. The van der Waals surface area contributed by atoms with Gasteiger partial charge < -0.3 is 15.6 Å². The lowest BCUT2D eigenvalue weighted by molar-refractivity contribution is 0.807. The van der Waals surface area contributed by atoms with Gasteiger partial charge in [0.05, 0.1) is 6.54 Å². The van der Waals surface area contributed by atoms with Crippen molar-refractivity contribution >= 4 is 11.6 Å². The number of nitrogens with two attached hydrogens (primary N) is 1. The Morgan fingerprint density at radius 1 is 1.44 bits per heavy atom. The Morgan fingerprint density at radius 3 is 2.94 bits per heavy atom. The summed E-state index contributed by atoms with van der Waals surface area (Å²) in [5.41, 5.74) is 5.78. The van der Waals surface area contributed by atoms with Crippen LogP contribution in [0.15, 0.2) is 12.4 Å². The van der Waals surface area contributed by atoms with Crippen molar-refractivity contribution in [1.82, 2.24) is 24.7 Å². The first-order chi connectivity index (χ1) is 8.72. The zero-order chi connectivity index (χ0) is 12.5. The maximum Gasteiger partial charge on any atom is 0.151 e. The largest absolute Gasteiger partial charge is 0.384 e. The molecule has 0 radical (unpaired) electrons. The van der Waals surface area contributed by atoms with E-state index in [2.05, 4.69) is 25.5 Å². The maximum atomic E-state index is 5.78.